The second-order valence-electron chi connectivity index (χ2n) is 6.73. The normalized spacial score (nSPS) is 27.7. The van der Waals surface area contributed by atoms with E-state index in [9.17, 15) is 13.2 Å². The SMILES string of the molecule is CNCCC1CCN(S(=O)(=O)[C@H]2CCCC[C@H]2C(=O)OC)CC1. The highest BCUT2D eigenvalue weighted by Crippen LogP contribution is 2.34. The summed E-state index contributed by atoms with van der Waals surface area (Å²) in [6, 6.07) is 0. The van der Waals surface area contributed by atoms with Crippen LogP contribution in [0.1, 0.15) is 44.9 Å². The highest BCUT2D eigenvalue weighted by Gasteiger charge is 2.43. The van der Waals surface area contributed by atoms with Crippen LogP contribution in [0.3, 0.4) is 0 Å². The number of methoxy groups -OCH3 is 1. The molecule has 0 unspecified atom stereocenters. The van der Waals surface area contributed by atoms with E-state index in [1.54, 1.807) is 4.31 Å². The maximum absolute atomic E-state index is 13.0. The molecule has 2 atom stereocenters. The van der Waals surface area contributed by atoms with Crippen molar-refractivity contribution in [2.75, 3.05) is 33.8 Å². The first-order valence-electron chi connectivity index (χ1n) is 8.72. The zero-order chi connectivity index (χ0) is 16.9. The molecule has 0 amide bonds. The van der Waals surface area contributed by atoms with Crippen molar-refractivity contribution in [2.24, 2.45) is 11.8 Å². The summed E-state index contributed by atoms with van der Waals surface area (Å²) >= 11 is 0. The average Bonchev–Trinajstić information content (AvgIpc) is 2.59. The van der Waals surface area contributed by atoms with Crippen molar-refractivity contribution in [2.45, 2.75) is 50.2 Å². The van der Waals surface area contributed by atoms with Crippen molar-refractivity contribution in [1.29, 1.82) is 0 Å². The van der Waals surface area contributed by atoms with Gasteiger partial charge in [-0.3, -0.25) is 4.79 Å². The second kappa shape index (κ2) is 8.44. The number of nitrogens with one attached hydrogen (secondary N) is 1. The maximum Gasteiger partial charge on any atom is 0.310 e. The number of rotatable bonds is 6. The number of nitrogens with zero attached hydrogens (tertiary/aromatic N) is 1. The van der Waals surface area contributed by atoms with E-state index in [0.29, 0.717) is 31.8 Å². The van der Waals surface area contributed by atoms with Gasteiger partial charge in [0.05, 0.1) is 18.3 Å². The number of carbonyl (C=O) groups is 1. The van der Waals surface area contributed by atoms with Gasteiger partial charge < -0.3 is 10.1 Å². The van der Waals surface area contributed by atoms with E-state index in [0.717, 1.165) is 38.6 Å². The first kappa shape index (κ1) is 18.7. The molecular weight excluding hydrogens is 316 g/mol. The van der Waals surface area contributed by atoms with E-state index in [-0.39, 0.29) is 5.97 Å². The van der Waals surface area contributed by atoms with Crippen LogP contribution in [0.25, 0.3) is 0 Å². The fraction of sp³-hybridized carbons (Fsp3) is 0.938. The lowest BCUT2D eigenvalue weighted by atomic mass is 9.89. The molecule has 0 aromatic carbocycles. The van der Waals surface area contributed by atoms with Crippen LogP contribution in [0.2, 0.25) is 0 Å². The molecule has 6 nitrogen and oxygen atoms in total. The van der Waals surface area contributed by atoms with Crippen LogP contribution in [0.4, 0.5) is 0 Å². The Morgan fingerprint density at radius 2 is 1.83 bits per heavy atom. The molecule has 0 aromatic heterocycles. The summed E-state index contributed by atoms with van der Waals surface area (Å²) in [5, 5.41) is 2.55. The van der Waals surface area contributed by atoms with Crippen LogP contribution >= 0.6 is 0 Å². The number of sulfonamides is 1. The van der Waals surface area contributed by atoms with E-state index >= 15 is 0 Å². The fourth-order valence-electron chi connectivity index (χ4n) is 3.87. The molecule has 1 saturated heterocycles. The number of esters is 1. The summed E-state index contributed by atoms with van der Waals surface area (Å²) in [5.74, 6) is -0.278. The first-order valence-corrected chi connectivity index (χ1v) is 10.2. The number of carbonyl (C=O) groups excluding carboxylic acids is 1. The zero-order valence-corrected chi connectivity index (χ0v) is 15.1. The molecule has 1 aliphatic heterocycles. The molecule has 1 N–H and O–H groups in total. The third-order valence-electron chi connectivity index (χ3n) is 5.33. The van der Waals surface area contributed by atoms with Gasteiger partial charge in [-0.25, -0.2) is 12.7 Å². The minimum absolute atomic E-state index is 0.373. The molecule has 2 rings (SSSR count). The second-order valence-corrected chi connectivity index (χ2v) is 8.88. The molecule has 7 heteroatoms. The Morgan fingerprint density at radius 1 is 1.17 bits per heavy atom. The summed E-state index contributed by atoms with van der Waals surface area (Å²) < 4.78 is 32.5. The highest BCUT2D eigenvalue weighted by molar-refractivity contribution is 7.89. The number of hydrogen-bond donors (Lipinski definition) is 1. The summed E-state index contributed by atoms with van der Waals surface area (Å²) in [4.78, 5) is 12.0. The first-order chi connectivity index (χ1) is 11.0. The number of hydrogen-bond acceptors (Lipinski definition) is 5. The van der Waals surface area contributed by atoms with E-state index in [2.05, 4.69) is 5.32 Å². The van der Waals surface area contributed by atoms with Gasteiger partial charge in [0, 0.05) is 13.1 Å². The molecule has 1 aliphatic carbocycles. The van der Waals surface area contributed by atoms with E-state index in [1.165, 1.54) is 7.11 Å². The van der Waals surface area contributed by atoms with E-state index in [1.807, 2.05) is 7.05 Å². The van der Waals surface area contributed by atoms with Gasteiger partial charge in [-0.05, 0) is 51.6 Å². The highest BCUT2D eigenvalue weighted by atomic mass is 32.2. The van der Waals surface area contributed by atoms with Crippen LogP contribution in [0.5, 0.6) is 0 Å². The Balaban J connectivity index is 2.01. The molecule has 1 saturated carbocycles. The van der Waals surface area contributed by atoms with E-state index in [4.69, 9.17) is 4.74 Å². The van der Waals surface area contributed by atoms with Gasteiger partial charge in [-0.15, -0.1) is 0 Å². The Bertz CT molecular complexity index is 486. The molecule has 0 bridgehead atoms. The molecule has 134 valence electrons. The van der Waals surface area contributed by atoms with Gasteiger partial charge in [-0.2, -0.15) is 0 Å². The lowest BCUT2D eigenvalue weighted by molar-refractivity contribution is -0.146. The van der Waals surface area contributed by atoms with Gasteiger partial charge in [0.2, 0.25) is 10.0 Å². The summed E-state index contributed by atoms with van der Waals surface area (Å²) in [6.45, 7) is 2.15. The monoisotopic (exact) mass is 346 g/mol. The minimum Gasteiger partial charge on any atom is -0.469 e. The molecule has 23 heavy (non-hydrogen) atoms. The summed E-state index contributed by atoms with van der Waals surface area (Å²) in [6.07, 6.45) is 5.89. The molecule has 2 aliphatic rings. The Hall–Kier alpha value is -0.660. The van der Waals surface area contributed by atoms with Crippen LogP contribution in [0.15, 0.2) is 0 Å². The quantitative estimate of drug-likeness (QED) is 0.735. The Kier molecular flexibility index (Phi) is 6.85. The van der Waals surface area contributed by atoms with Crippen molar-refractivity contribution in [3.05, 3.63) is 0 Å². The largest absolute Gasteiger partial charge is 0.469 e. The Labute approximate surface area is 140 Å². The van der Waals surface area contributed by atoms with Crippen molar-refractivity contribution in [3.63, 3.8) is 0 Å². The van der Waals surface area contributed by atoms with E-state index < -0.39 is 21.2 Å². The maximum atomic E-state index is 13.0. The lowest BCUT2D eigenvalue weighted by Gasteiger charge is -2.37. The third kappa shape index (κ3) is 4.45. The Morgan fingerprint density at radius 3 is 2.43 bits per heavy atom. The van der Waals surface area contributed by atoms with Gasteiger partial charge >= 0.3 is 5.97 Å². The lowest BCUT2D eigenvalue weighted by Crippen LogP contribution is -2.48. The van der Waals surface area contributed by atoms with Gasteiger partial charge in [0.1, 0.15) is 0 Å². The fourth-order valence-corrected chi connectivity index (χ4v) is 6.10. The van der Waals surface area contributed by atoms with Crippen LogP contribution in [-0.4, -0.2) is 57.7 Å². The minimum atomic E-state index is -3.42. The van der Waals surface area contributed by atoms with Gasteiger partial charge in [0.15, 0.2) is 0 Å². The average molecular weight is 346 g/mol. The van der Waals surface area contributed by atoms with Crippen molar-refractivity contribution in [3.8, 4) is 0 Å². The van der Waals surface area contributed by atoms with Crippen molar-refractivity contribution < 1.29 is 17.9 Å². The smallest absolute Gasteiger partial charge is 0.310 e. The van der Waals surface area contributed by atoms with Crippen LogP contribution in [0, 0.1) is 11.8 Å². The predicted molar refractivity (Wildman–Crippen MR) is 89.5 cm³/mol. The molecule has 0 spiro atoms. The molecule has 2 fully saturated rings. The van der Waals surface area contributed by atoms with Crippen molar-refractivity contribution >= 4 is 16.0 Å². The van der Waals surface area contributed by atoms with Crippen LogP contribution < -0.4 is 5.32 Å². The summed E-state index contributed by atoms with van der Waals surface area (Å²) in [5.41, 5.74) is 0. The summed E-state index contributed by atoms with van der Waals surface area (Å²) in [7, 11) is -0.135. The van der Waals surface area contributed by atoms with Crippen LogP contribution in [-0.2, 0) is 19.6 Å². The van der Waals surface area contributed by atoms with Crippen molar-refractivity contribution in [1.82, 2.24) is 9.62 Å². The molecular formula is C16H30N2O4S. The van der Waals surface area contributed by atoms with Gasteiger partial charge in [0.25, 0.3) is 0 Å². The molecule has 0 radical (unpaired) electrons. The standard InChI is InChI=1S/C16H30N2O4S/c1-17-10-7-13-8-11-18(12-9-13)23(20,21)15-6-4-3-5-14(15)16(19)22-2/h13-15,17H,3-12H2,1-2H3/t14-,15+/m1/s1. The number of ether oxygens (including phenoxy) is 1. The predicted octanol–water partition coefficient (Wildman–Crippen LogP) is 1.37. The van der Waals surface area contributed by atoms with Gasteiger partial charge in [-0.1, -0.05) is 12.8 Å². The molecule has 1 heterocycles. The third-order valence-corrected chi connectivity index (χ3v) is 7.74. The number of piperidine rings is 1. The topological polar surface area (TPSA) is 75.7 Å². The molecule has 0 aromatic rings. The zero-order valence-electron chi connectivity index (χ0n) is 14.3.